The van der Waals surface area contributed by atoms with Crippen molar-refractivity contribution in [2.75, 3.05) is 0 Å². The van der Waals surface area contributed by atoms with Crippen molar-refractivity contribution < 1.29 is 0 Å². The molecule has 1 heteroatoms. The van der Waals surface area contributed by atoms with Crippen LogP contribution >= 0.6 is 11.6 Å². The van der Waals surface area contributed by atoms with Gasteiger partial charge in [0.15, 0.2) is 0 Å². The van der Waals surface area contributed by atoms with E-state index in [0.29, 0.717) is 0 Å². The molecule has 0 aliphatic rings. The smallest absolute Gasteiger partial charge is 0.00488 e. The van der Waals surface area contributed by atoms with Crippen LogP contribution in [0.15, 0.2) is 35.7 Å². The first kappa shape index (κ1) is 6.33. The molecule has 0 spiro atoms. The zero-order valence-corrected chi connectivity index (χ0v) is 4.57. The molecule has 0 aromatic rings. The molecule has 0 aliphatic heterocycles. The molecule has 0 aromatic heterocycles. The van der Waals surface area contributed by atoms with Gasteiger partial charge in [-0.15, -0.1) is 0 Å². The largest absolute Gasteiger partial charge is 0.0929 e. The zero-order chi connectivity index (χ0) is 5.54. The highest BCUT2D eigenvalue weighted by atomic mass is 35.5. The highest BCUT2D eigenvalue weighted by Crippen LogP contribution is 1.76. The highest BCUT2D eigenvalue weighted by Gasteiger charge is 1.49. The normalized spacial score (nSPS) is 7.57. The number of hydrogen-bond acceptors (Lipinski definition) is 0. The second kappa shape index (κ2) is 5.33. The molecular formula is C6H5Cl. The Labute approximate surface area is 48.1 Å². The van der Waals surface area contributed by atoms with Crippen LogP contribution in [0.2, 0.25) is 0 Å². The molecule has 0 N–H and O–H groups in total. The lowest BCUT2D eigenvalue weighted by Crippen LogP contribution is -1.33. The van der Waals surface area contributed by atoms with E-state index in [9.17, 15) is 0 Å². The maximum absolute atomic E-state index is 5.14. The van der Waals surface area contributed by atoms with Crippen LogP contribution in [0.4, 0.5) is 0 Å². The van der Waals surface area contributed by atoms with E-state index in [2.05, 4.69) is 18.0 Å². The predicted molar refractivity (Wildman–Crippen MR) is 32.2 cm³/mol. The number of rotatable bonds is 1. The van der Waals surface area contributed by atoms with Crippen LogP contribution in [0.25, 0.3) is 0 Å². The first-order valence-electron chi connectivity index (χ1n) is 1.78. The van der Waals surface area contributed by atoms with Crippen LogP contribution in [0.5, 0.6) is 0 Å². The van der Waals surface area contributed by atoms with E-state index in [-0.39, 0.29) is 0 Å². The average Bonchev–Trinajstić information content (AvgIpc) is 1.69. The van der Waals surface area contributed by atoms with Gasteiger partial charge in [0.2, 0.25) is 0 Å². The average molecular weight is 113 g/mol. The third-order valence-corrected chi connectivity index (χ3v) is 0.500. The van der Waals surface area contributed by atoms with E-state index in [1.807, 2.05) is 0 Å². The third kappa shape index (κ3) is 5.33. The van der Waals surface area contributed by atoms with Crippen LogP contribution in [-0.4, -0.2) is 0 Å². The molecular weight excluding hydrogens is 108 g/mol. The van der Waals surface area contributed by atoms with Crippen molar-refractivity contribution in [3.8, 4) is 0 Å². The summed E-state index contributed by atoms with van der Waals surface area (Å²) in [5.74, 6) is 0. The molecule has 36 valence electrons. The Morgan fingerprint density at radius 1 is 1.57 bits per heavy atom. The Bertz CT molecular complexity index is 132. The van der Waals surface area contributed by atoms with E-state index in [1.54, 1.807) is 12.2 Å². The van der Waals surface area contributed by atoms with Crippen molar-refractivity contribution in [3.63, 3.8) is 0 Å². The summed E-state index contributed by atoms with van der Waals surface area (Å²) < 4.78 is 0. The Balaban J connectivity index is 3.71. The zero-order valence-electron chi connectivity index (χ0n) is 3.82. The Morgan fingerprint density at radius 3 is 2.71 bits per heavy atom. The molecule has 0 nitrogen and oxygen atoms in total. The lowest BCUT2D eigenvalue weighted by atomic mass is 10.6. The number of hydrogen-bond donors (Lipinski definition) is 0. The second-order valence-electron chi connectivity index (χ2n) is 0.806. The van der Waals surface area contributed by atoms with Gasteiger partial charge in [-0.05, 0) is 18.7 Å². The summed E-state index contributed by atoms with van der Waals surface area (Å²) in [6.07, 6.45) is 3.26. The van der Waals surface area contributed by atoms with Gasteiger partial charge in [0.25, 0.3) is 0 Å². The molecule has 0 bridgehead atoms. The summed E-state index contributed by atoms with van der Waals surface area (Å²) >= 11 is 5.14. The second-order valence-corrected chi connectivity index (χ2v) is 1.06. The first-order valence-corrected chi connectivity index (χ1v) is 2.21. The first-order chi connectivity index (χ1) is 3.41. The summed E-state index contributed by atoms with van der Waals surface area (Å²) in [5, 5.41) is 0. The van der Waals surface area contributed by atoms with Crippen LogP contribution < -0.4 is 0 Å². The summed E-state index contributed by atoms with van der Waals surface area (Å²) in [7, 11) is 0. The Kier molecular flexibility index (Phi) is 4.82. The van der Waals surface area contributed by atoms with E-state index in [4.69, 9.17) is 11.6 Å². The molecule has 0 unspecified atom stereocenters. The molecule has 0 saturated heterocycles. The van der Waals surface area contributed by atoms with Gasteiger partial charge in [-0.3, -0.25) is 0 Å². The molecule has 0 amide bonds. The molecule has 0 fully saturated rings. The molecule has 0 heterocycles. The maximum Gasteiger partial charge on any atom is 0.00488 e. The van der Waals surface area contributed by atoms with E-state index in [0.717, 1.165) is 0 Å². The monoisotopic (exact) mass is 112 g/mol. The summed E-state index contributed by atoms with van der Waals surface area (Å²) in [4.78, 5) is 0. The van der Waals surface area contributed by atoms with E-state index >= 15 is 0 Å². The molecule has 0 saturated carbocycles. The molecule has 7 heavy (non-hydrogen) atoms. The minimum absolute atomic E-state index is 1.39. The highest BCUT2D eigenvalue weighted by molar-refractivity contribution is 6.25. The van der Waals surface area contributed by atoms with E-state index < -0.39 is 0 Å². The van der Waals surface area contributed by atoms with Gasteiger partial charge in [-0.25, -0.2) is 0 Å². The molecule has 0 aromatic carbocycles. The van der Waals surface area contributed by atoms with Crippen LogP contribution in [0, 0.1) is 0 Å². The van der Waals surface area contributed by atoms with Gasteiger partial charge in [-0.2, -0.15) is 0 Å². The van der Waals surface area contributed by atoms with E-state index in [1.165, 1.54) is 5.54 Å². The van der Waals surface area contributed by atoms with Gasteiger partial charge in [0.1, 0.15) is 0 Å². The minimum atomic E-state index is 1.39. The van der Waals surface area contributed by atoms with Crippen molar-refractivity contribution in [1.82, 2.24) is 0 Å². The van der Waals surface area contributed by atoms with Crippen LogP contribution in [-0.2, 0) is 0 Å². The number of allylic oxidation sites excluding steroid dienone is 2. The van der Waals surface area contributed by atoms with Crippen molar-refractivity contribution in [3.05, 3.63) is 35.7 Å². The van der Waals surface area contributed by atoms with Gasteiger partial charge < -0.3 is 0 Å². The van der Waals surface area contributed by atoms with Gasteiger partial charge >= 0.3 is 0 Å². The quantitative estimate of drug-likeness (QED) is 0.361. The van der Waals surface area contributed by atoms with Crippen LogP contribution in [0.3, 0.4) is 0 Å². The molecule has 0 atom stereocenters. The Morgan fingerprint density at radius 2 is 2.29 bits per heavy atom. The maximum atomic E-state index is 5.14. The Hall–Kier alpha value is -0.670. The fraction of sp³-hybridized carbons (Fsp3) is 0. The van der Waals surface area contributed by atoms with Crippen molar-refractivity contribution in [2.45, 2.75) is 0 Å². The molecule has 0 radical (unpaired) electrons. The fourth-order valence-corrected chi connectivity index (χ4v) is 0.216. The van der Waals surface area contributed by atoms with Gasteiger partial charge in [0, 0.05) is 5.54 Å². The summed E-state index contributed by atoms with van der Waals surface area (Å²) in [6.45, 7) is 3.29. The SMILES string of the molecule is C=C=C=CC=CCl. The summed E-state index contributed by atoms with van der Waals surface area (Å²) in [6, 6.07) is 0. The van der Waals surface area contributed by atoms with Gasteiger partial charge in [0.05, 0.1) is 0 Å². The number of halogens is 1. The summed E-state index contributed by atoms with van der Waals surface area (Å²) in [5.41, 5.74) is 6.42. The molecule has 0 aliphatic carbocycles. The van der Waals surface area contributed by atoms with Crippen molar-refractivity contribution in [2.24, 2.45) is 0 Å². The lowest BCUT2D eigenvalue weighted by Gasteiger charge is -1.55. The molecule has 0 rings (SSSR count). The fourth-order valence-electron chi connectivity index (χ4n) is 0.143. The lowest BCUT2D eigenvalue weighted by molar-refractivity contribution is 2.06. The minimum Gasteiger partial charge on any atom is -0.0929 e. The van der Waals surface area contributed by atoms with Crippen LogP contribution in [0.1, 0.15) is 0 Å². The predicted octanol–water partition coefficient (Wildman–Crippen LogP) is 2.24. The topological polar surface area (TPSA) is 0 Å². The standard InChI is InChI=1S/C6H5Cl/c1-2-3-4-5-6-7/h4-6H,1H2. The van der Waals surface area contributed by atoms with Crippen molar-refractivity contribution in [1.29, 1.82) is 0 Å². The third-order valence-electron chi connectivity index (χ3n) is 0.354. The van der Waals surface area contributed by atoms with Crippen molar-refractivity contribution >= 4 is 11.6 Å². The van der Waals surface area contributed by atoms with Gasteiger partial charge in [-0.1, -0.05) is 23.1 Å².